The lowest BCUT2D eigenvalue weighted by molar-refractivity contribution is -0.134. The highest BCUT2D eigenvalue weighted by Crippen LogP contribution is 2.18. The molecule has 5 heteroatoms. The van der Waals surface area contributed by atoms with Gasteiger partial charge in [-0.05, 0) is 56.0 Å². The zero-order valence-electron chi connectivity index (χ0n) is 15.7. The van der Waals surface area contributed by atoms with Gasteiger partial charge < -0.3 is 15.0 Å². The first-order chi connectivity index (χ1) is 13.1. The van der Waals surface area contributed by atoms with Crippen LogP contribution in [0.1, 0.15) is 31.7 Å². The molecule has 5 nitrogen and oxygen atoms in total. The third-order valence-corrected chi connectivity index (χ3v) is 4.80. The molecule has 2 aromatic rings. The van der Waals surface area contributed by atoms with Crippen molar-refractivity contribution in [1.82, 2.24) is 4.90 Å². The molecule has 1 aliphatic heterocycles. The van der Waals surface area contributed by atoms with Crippen molar-refractivity contribution in [3.05, 3.63) is 60.2 Å². The van der Waals surface area contributed by atoms with Crippen molar-refractivity contribution in [2.45, 2.75) is 38.6 Å². The topological polar surface area (TPSA) is 58.6 Å². The van der Waals surface area contributed by atoms with E-state index in [1.807, 2.05) is 42.5 Å². The summed E-state index contributed by atoms with van der Waals surface area (Å²) >= 11 is 0. The first kappa shape index (κ1) is 19.0. The van der Waals surface area contributed by atoms with Crippen LogP contribution in [0.2, 0.25) is 0 Å². The third-order valence-electron chi connectivity index (χ3n) is 4.80. The Bertz CT molecular complexity index is 759. The van der Waals surface area contributed by atoms with E-state index in [9.17, 15) is 9.59 Å². The molecule has 1 heterocycles. The molecule has 2 amide bonds. The van der Waals surface area contributed by atoms with Gasteiger partial charge in [0.15, 0.2) is 0 Å². The number of carbonyl (C=O) groups is 2. The summed E-state index contributed by atoms with van der Waals surface area (Å²) in [4.78, 5) is 25.7. The molecule has 0 aliphatic carbocycles. The number of rotatable bonds is 8. The van der Waals surface area contributed by atoms with Crippen molar-refractivity contribution in [3.63, 3.8) is 0 Å². The molecule has 1 fully saturated rings. The first-order valence-electron chi connectivity index (χ1n) is 9.50. The standard InChI is InChI=1S/C22H26N2O3/c1-17(24-15-5-10-21(24)25)22(26)23-19-11-13-20(14-12-19)27-16-6-9-18-7-3-2-4-8-18/h2-4,7-8,11-14,17H,5-6,9-10,15-16H2,1H3,(H,23,26). The van der Waals surface area contributed by atoms with Gasteiger partial charge >= 0.3 is 0 Å². The van der Waals surface area contributed by atoms with Crippen molar-refractivity contribution < 1.29 is 14.3 Å². The minimum atomic E-state index is -0.450. The second-order valence-electron chi connectivity index (χ2n) is 6.82. The van der Waals surface area contributed by atoms with Crippen LogP contribution in [-0.2, 0) is 16.0 Å². The fraction of sp³-hybridized carbons (Fsp3) is 0.364. The highest BCUT2D eigenvalue weighted by atomic mass is 16.5. The Labute approximate surface area is 160 Å². The summed E-state index contributed by atoms with van der Waals surface area (Å²) in [5.74, 6) is 0.669. The maximum absolute atomic E-state index is 12.3. The SMILES string of the molecule is CC(C(=O)Nc1ccc(OCCCc2ccccc2)cc1)N1CCCC1=O. The van der Waals surface area contributed by atoms with Gasteiger partial charge in [0.1, 0.15) is 11.8 Å². The number of hydrogen-bond acceptors (Lipinski definition) is 3. The molecule has 142 valence electrons. The number of carbonyl (C=O) groups excluding carboxylic acids is 2. The number of nitrogens with zero attached hydrogens (tertiary/aromatic N) is 1. The fourth-order valence-electron chi connectivity index (χ4n) is 3.21. The summed E-state index contributed by atoms with van der Waals surface area (Å²) in [5.41, 5.74) is 2.01. The van der Waals surface area contributed by atoms with Crippen LogP contribution in [0.3, 0.4) is 0 Å². The highest BCUT2D eigenvalue weighted by Gasteiger charge is 2.29. The van der Waals surface area contributed by atoms with Crippen LogP contribution in [0.15, 0.2) is 54.6 Å². The lowest BCUT2D eigenvalue weighted by Gasteiger charge is -2.23. The van der Waals surface area contributed by atoms with E-state index in [4.69, 9.17) is 4.74 Å². The zero-order chi connectivity index (χ0) is 19.1. The lowest BCUT2D eigenvalue weighted by Crippen LogP contribution is -2.42. The van der Waals surface area contributed by atoms with Crippen LogP contribution in [0.25, 0.3) is 0 Å². The van der Waals surface area contributed by atoms with E-state index in [2.05, 4.69) is 17.4 Å². The molecule has 0 bridgehead atoms. The van der Waals surface area contributed by atoms with Gasteiger partial charge in [-0.25, -0.2) is 0 Å². The van der Waals surface area contributed by atoms with Crippen LogP contribution in [0.4, 0.5) is 5.69 Å². The van der Waals surface area contributed by atoms with E-state index in [0.29, 0.717) is 25.3 Å². The van der Waals surface area contributed by atoms with Crippen LogP contribution < -0.4 is 10.1 Å². The highest BCUT2D eigenvalue weighted by molar-refractivity contribution is 5.97. The molecule has 1 saturated heterocycles. The number of hydrogen-bond donors (Lipinski definition) is 1. The maximum atomic E-state index is 12.3. The largest absolute Gasteiger partial charge is 0.494 e. The van der Waals surface area contributed by atoms with Crippen molar-refractivity contribution in [1.29, 1.82) is 0 Å². The van der Waals surface area contributed by atoms with Gasteiger partial charge in [0, 0.05) is 18.7 Å². The number of likely N-dealkylation sites (tertiary alicyclic amines) is 1. The summed E-state index contributed by atoms with van der Waals surface area (Å²) in [6.45, 7) is 3.07. The Morgan fingerprint density at radius 1 is 1.15 bits per heavy atom. The summed E-state index contributed by atoms with van der Waals surface area (Å²) < 4.78 is 5.76. The molecule has 0 saturated carbocycles. The smallest absolute Gasteiger partial charge is 0.246 e. The molecule has 2 aromatic carbocycles. The van der Waals surface area contributed by atoms with Crippen LogP contribution in [0, 0.1) is 0 Å². The zero-order valence-corrected chi connectivity index (χ0v) is 15.7. The molecule has 0 aromatic heterocycles. The predicted octanol–water partition coefficient (Wildman–Crippen LogP) is 3.65. The molecule has 1 atom stereocenters. The normalized spacial score (nSPS) is 14.9. The Kier molecular flexibility index (Phi) is 6.47. The van der Waals surface area contributed by atoms with Gasteiger partial charge in [-0.3, -0.25) is 9.59 Å². The maximum Gasteiger partial charge on any atom is 0.246 e. The Morgan fingerprint density at radius 2 is 1.89 bits per heavy atom. The number of aryl methyl sites for hydroxylation is 1. The van der Waals surface area contributed by atoms with Gasteiger partial charge in [0.25, 0.3) is 0 Å². The van der Waals surface area contributed by atoms with E-state index in [-0.39, 0.29) is 11.8 Å². The van der Waals surface area contributed by atoms with Gasteiger partial charge in [-0.2, -0.15) is 0 Å². The average molecular weight is 366 g/mol. The molecular weight excluding hydrogens is 340 g/mol. The van der Waals surface area contributed by atoms with Crippen molar-refractivity contribution in [3.8, 4) is 5.75 Å². The molecule has 0 spiro atoms. The summed E-state index contributed by atoms with van der Waals surface area (Å²) in [5, 5.41) is 2.87. The van der Waals surface area contributed by atoms with Crippen molar-refractivity contribution in [2.24, 2.45) is 0 Å². The summed E-state index contributed by atoms with van der Waals surface area (Å²) in [6, 6.07) is 17.2. The number of nitrogens with one attached hydrogen (secondary N) is 1. The second-order valence-corrected chi connectivity index (χ2v) is 6.82. The molecule has 27 heavy (non-hydrogen) atoms. The van der Waals surface area contributed by atoms with E-state index < -0.39 is 6.04 Å². The van der Waals surface area contributed by atoms with Gasteiger partial charge in [-0.15, -0.1) is 0 Å². The van der Waals surface area contributed by atoms with Gasteiger partial charge in [0.05, 0.1) is 6.61 Å². The Morgan fingerprint density at radius 3 is 2.56 bits per heavy atom. The van der Waals surface area contributed by atoms with E-state index in [0.717, 1.165) is 25.0 Å². The lowest BCUT2D eigenvalue weighted by atomic mass is 10.1. The minimum Gasteiger partial charge on any atom is -0.494 e. The van der Waals surface area contributed by atoms with E-state index in [1.165, 1.54) is 5.56 Å². The van der Waals surface area contributed by atoms with Crippen LogP contribution in [0.5, 0.6) is 5.75 Å². The molecule has 1 N–H and O–H groups in total. The first-order valence-corrected chi connectivity index (χ1v) is 9.50. The predicted molar refractivity (Wildman–Crippen MR) is 106 cm³/mol. The molecular formula is C22H26N2O3. The quantitative estimate of drug-likeness (QED) is 0.726. The second kappa shape index (κ2) is 9.21. The Balaban J connectivity index is 1.43. The summed E-state index contributed by atoms with van der Waals surface area (Å²) in [7, 11) is 0. The number of ether oxygens (including phenoxy) is 1. The van der Waals surface area contributed by atoms with E-state index in [1.54, 1.807) is 11.8 Å². The fourth-order valence-corrected chi connectivity index (χ4v) is 3.21. The summed E-state index contributed by atoms with van der Waals surface area (Å²) in [6.07, 6.45) is 3.30. The average Bonchev–Trinajstić information content (AvgIpc) is 3.12. The van der Waals surface area contributed by atoms with Crippen LogP contribution >= 0.6 is 0 Å². The molecule has 1 aliphatic rings. The van der Waals surface area contributed by atoms with Crippen LogP contribution in [-0.4, -0.2) is 35.9 Å². The van der Waals surface area contributed by atoms with Gasteiger partial charge in [-0.1, -0.05) is 30.3 Å². The number of benzene rings is 2. The van der Waals surface area contributed by atoms with E-state index >= 15 is 0 Å². The molecule has 3 rings (SSSR count). The number of amides is 2. The molecule has 1 unspecified atom stereocenters. The monoisotopic (exact) mass is 366 g/mol. The Hall–Kier alpha value is -2.82. The van der Waals surface area contributed by atoms with Crippen molar-refractivity contribution >= 4 is 17.5 Å². The van der Waals surface area contributed by atoms with Gasteiger partial charge in [0.2, 0.25) is 11.8 Å². The molecule has 0 radical (unpaired) electrons. The number of anilines is 1. The third kappa shape index (κ3) is 5.33. The minimum absolute atomic E-state index is 0.0527. The van der Waals surface area contributed by atoms with Crippen molar-refractivity contribution in [2.75, 3.05) is 18.5 Å².